The maximum atomic E-state index is 11.5. The first-order valence-electron chi connectivity index (χ1n) is 5.58. The lowest BCUT2D eigenvalue weighted by Gasteiger charge is -2.38. The second-order valence-corrected chi connectivity index (χ2v) is 4.91. The number of hydrogen-bond acceptors (Lipinski definition) is 3. The van der Waals surface area contributed by atoms with Gasteiger partial charge < -0.3 is 5.11 Å². The number of Topliss-reactive ketones (excluding diaryl/α,β-unsaturated/α-hetero) is 1. The van der Waals surface area contributed by atoms with Gasteiger partial charge in [-0.05, 0) is 32.6 Å². The molecule has 1 unspecified atom stereocenters. The van der Waals surface area contributed by atoms with Crippen LogP contribution in [-0.2, 0) is 4.79 Å². The molecule has 1 saturated carbocycles. The molecule has 0 radical (unpaired) electrons. The molecule has 2 fully saturated rings. The molecule has 3 nitrogen and oxygen atoms in total. The van der Waals surface area contributed by atoms with E-state index in [0.29, 0.717) is 5.78 Å². The molecule has 0 aromatic heterocycles. The first-order valence-corrected chi connectivity index (χ1v) is 5.58. The lowest BCUT2D eigenvalue weighted by Crippen LogP contribution is -2.48. The molecular formula is C11H19NO2. The van der Waals surface area contributed by atoms with E-state index >= 15 is 0 Å². The average molecular weight is 197 g/mol. The first-order chi connectivity index (χ1) is 6.58. The van der Waals surface area contributed by atoms with Gasteiger partial charge in [-0.1, -0.05) is 0 Å². The van der Waals surface area contributed by atoms with E-state index in [9.17, 15) is 9.90 Å². The van der Waals surface area contributed by atoms with Crippen molar-refractivity contribution in [3.63, 3.8) is 0 Å². The minimum absolute atomic E-state index is 0.172. The van der Waals surface area contributed by atoms with Crippen molar-refractivity contribution in [2.24, 2.45) is 0 Å². The molecule has 2 aliphatic rings. The fraction of sp³-hybridized carbons (Fsp3) is 0.909. The van der Waals surface area contributed by atoms with Gasteiger partial charge in [0.2, 0.25) is 0 Å². The molecule has 1 aliphatic carbocycles. The van der Waals surface area contributed by atoms with Crippen LogP contribution in [-0.4, -0.2) is 40.5 Å². The lowest BCUT2D eigenvalue weighted by molar-refractivity contribution is -0.123. The minimum Gasteiger partial charge on any atom is -0.390 e. The quantitative estimate of drug-likeness (QED) is 0.680. The Kier molecular flexibility index (Phi) is 2.62. The van der Waals surface area contributed by atoms with Gasteiger partial charge in [-0.3, -0.25) is 9.69 Å². The smallest absolute Gasteiger partial charge is 0.149 e. The van der Waals surface area contributed by atoms with Crippen molar-refractivity contribution in [1.82, 2.24) is 4.90 Å². The molecular weight excluding hydrogens is 178 g/mol. The molecule has 1 heterocycles. The van der Waals surface area contributed by atoms with Crippen molar-refractivity contribution in [1.29, 1.82) is 0 Å². The number of carbonyl (C=O) groups excluding carboxylic acids is 1. The number of likely N-dealkylation sites (tertiary alicyclic amines) is 1. The molecule has 0 aromatic carbocycles. The van der Waals surface area contributed by atoms with Gasteiger partial charge in [0, 0.05) is 19.5 Å². The van der Waals surface area contributed by atoms with Crippen molar-refractivity contribution >= 4 is 5.78 Å². The predicted octanol–water partition coefficient (Wildman–Crippen LogP) is 0.955. The van der Waals surface area contributed by atoms with Crippen LogP contribution >= 0.6 is 0 Å². The van der Waals surface area contributed by atoms with Crippen LogP contribution in [0.2, 0.25) is 0 Å². The van der Waals surface area contributed by atoms with Crippen molar-refractivity contribution < 1.29 is 9.90 Å². The van der Waals surface area contributed by atoms with Gasteiger partial charge in [0.15, 0.2) is 0 Å². The summed E-state index contributed by atoms with van der Waals surface area (Å²) in [7, 11) is 0. The Bertz CT molecular complexity index is 227. The second-order valence-electron chi connectivity index (χ2n) is 4.91. The topological polar surface area (TPSA) is 40.5 Å². The molecule has 0 amide bonds. The Morgan fingerprint density at radius 1 is 1.43 bits per heavy atom. The average Bonchev–Trinajstić information content (AvgIpc) is 2.52. The van der Waals surface area contributed by atoms with Crippen LogP contribution in [0.1, 0.15) is 39.0 Å². The number of ketones is 1. The normalized spacial score (nSPS) is 33.6. The van der Waals surface area contributed by atoms with Crippen LogP contribution in [0, 0.1) is 0 Å². The van der Waals surface area contributed by atoms with Crippen molar-refractivity contribution in [3.8, 4) is 0 Å². The SMILES string of the molecule is CC1(O)CCN(C2CCCC2=O)CC1. The molecule has 2 rings (SSSR count). The fourth-order valence-electron chi connectivity index (χ4n) is 2.50. The van der Waals surface area contributed by atoms with Gasteiger partial charge in [-0.25, -0.2) is 0 Å². The van der Waals surface area contributed by atoms with Gasteiger partial charge in [-0.15, -0.1) is 0 Å². The summed E-state index contributed by atoms with van der Waals surface area (Å²) < 4.78 is 0. The third-order valence-electron chi connectivity index (χ3n) is 3.59. The van der Waals surface area contributed by atoms with Crippen molar-refractivity contribution in [3.05, 3.63) is 0 Å². The summed E-state index contributed by atoms with van der Waals surface area (Å²) in [6.45, 7) is 3.65. The zero-order valence-electron chi connectivity index (χ0n) is 8.83. The summed E-state index contributed by atoms with van der Waals surface area (Å²) in [6, 6.07) is 0.172. The molecule has 1 N–H and O–H groups in total. The van der Waals surface area contributed by atoms with Gasteiger partial charge in [-0.2, -0.15) is 0 Å². The van der Waals surface area contributed by atoms with Crippen molar-refractivity contribution in [2.75, 3.05) is 13.1 Å². The highest BCUT2D eigenvalue weighted by Crippen LogP contribution is 2.27. The maximum Gasteiger partial charge on any atom is 0.149 e. The van der Waals surface area contributed by atoms with E-state index < -0.39 is 5.60 Å². The summed E-state index contributed by atoms with van der Waals surface area (Å²) in [4.78, 5) is 13.8. The highest BCUT2D eigenvalue weighted by atomic mass is 16.3. The van der Waals surface area contributed by atoms with Crippen LogP contribution in [0.25, 0.3) is 0 Å². The Balaban J connectivity index is 1.92. The first kappa shape index (κ1) is 10.1. The van der Waals surface area contributed by atoms with Gasteiger partial charge in [0.25, 0.3) is 0 Å². The molecule has 1 aliphatic heterocycles. The van der Waals surface area contributed by atoms with Crippen LogP contribution in [0.3, 0.4) is 0 Å². The molecule has 0 aromatic rings. The fourth-order valence-corrected chi connectivity index (χ4v) is 2.50. The highest BCUT2D eigenvalue weighted by Gasteiger charge is 2.35. The van der Waals surface area contributed by atoms with Gasteiger partial charge in [0.05, 0.1) is 11.6 Å². The molecule has 3 heteroatoms. The minimum atomic E-state index is -0.502. The van der Waals surface area contributed by atoms with Crippen LogP contribution < -0.4 is 0 Å². The van der Waals surface area contributed by atoms with E-state index in [1.54, 1.807) is 0 Å². The van der Waals surface area contributed by atoms with Crippen LogP contribution in [0.15, 0.2) is 0 Å². The standard InChI is InChI=1S/C11H19NO2/c1-11(14)5-7-12(8-6-11)9-3-2-4-10(9)13/h9,14H,2-8H2,1H3. The summed E-state index contributed by atoms with van der Waals surface area (Å²) in [5, 5.41) is 9.79. The third-order valence-corrected chi connectivity index (χ3v) is 3.59. The molecule has 14 heavy (non-hydrogen) atoms. The van der Waals surface area contributed by atoms with E-state index in [1.165, 1.54) is 0 Å². The summed E-state index contributed by atoms with van der Waals surface area (Å²) in [5.74, 6) is 0.409. The predicted molar refractivity (Wildman–Crippen MR) is 54.1 cm³/mol. The number of piperidine rings is 1. The summed E-state index contributed by atoms with van der Waals surface area (Å²) in [6.07, 6.45) is 4.45. The van der Waals surface area contributed by atoms with Crippen molar-refractivity contribution in [2.45, 2.75) is 50.7 Å². The summed E-state index contributed by atoms with van der Waals surface area (Å²) >= 11 is 0. The number of carbonyl (C=O) groups is 1. The maximum absolute atomic E-state index is 11.5. The molecule has 1 atom stereocenters. The van der Waals surface area contributed by atoms with E-state index in [1.807, 2.05) is 6.92 Å². The second kappa shape index (κ2) is 3.63. The number of aliphatic hydroxyl groups is 1. The van der Waals surface area contributed by atoms with Crippen LogP contribution in [0.5, 0.6) is 0 Å². The van der Waals surface area contributed by atoms with Gasteiger partial charge in [0.1, 0.15) is 5.78 Å². The Morgan fingerprint density at radius 3 is 2.57 bits per heavy atom. The lowest BCUT2D eigenvalue weighted by atomic mass is 9.92. The van der Waals surface area contributed by atoms with E-state index in [2.05, 4.69) is 4.90 Å². The monoisotopic (exact) mass is 197 g/mol. The van der Waals surface area contributed by atoms with Gasteiger partial charge >= 0.3 is 0 Å². The number of hydrogen-bond donors (Lipinski definition) is 1. The molecule has 1 saturated heterocycles. The molecule has 0 spiro atoms. The number of nitrogens with zero attached hydrogens (tertiary/aromatic N) is 1. The number of rotatable bonds is 1. The molecule has 80 valence electrons. The Hall–Kier alpha value is -0.410. The molecule has 0 bridgehead atoms. The third kappa shape index (κ3) is 1.98. The zero-order valence-corrected chi connectivity index (χ0v) is 8.83. The van der Waals surface area contributed by atoms with E-state index in [0.717, 1.165) is 45.2 Å². The largest absolute Gasteiger partial charge is 0.390 e. The van der Waals surface area contributed by atoms with Crippen LogP contribution in [0.4, 0.5) is 0 Å². The van der Waals surface area contributed by atoms with E-state index in [4.69, 9.17) is 0 Å². The Morgan fingerprint density at radius 2 is 2.07 bits per heavy atom. The van der Waals surface area contributed by atoms with E-state index in [-0.39, 0.29) is 6.04 Å². The summed E-state index contributed by atoms with van der Waals surface area (Å²) in [5.41, 5.74) is -0.502. The Labute approximate surface area is 85.1 Å². The highest BCUT2D eigenvalue weighted by molar-refractivity contribution is 5.85. The zero-order chi connectivity index (χ0) is 10.2.